The standard InChI is InChI=1S/C49H57F3N6O8S/c1-47(2,3)41(44(62)56-30-37(59)26-42(56)43(61)55-29-33-12-10-32(27-53)11-13-33)25-38(60)31-65-22-9-21-64-20-7-6-8-23-66-39-18-16-35(17-19-39)58-46(67)57(45(63)48(58,4)5)36-15-14-34(28-54)40(24-36)49(50,51)52/h10-19,24,37,41-42,59H,6-9,20-23,25-26,29-31H2,1-5H3,(H,55,61)/t37-,41-,42+/m1/s1. The molecular formula is C49H57F3N6O8S. The number of aliphatic hydroxyl groups is 1. The number of amides is 3. The van der Waals surface area contributed by atoms with Crippen molar-refractivity contribution in [2.45, 2.75) is 104 Å². The summed E-state index contributed by atoms with van der Waals surface area (Å²) in [7, 11) is 0. The fourth-order valence-corrected chi connectivity index (χ4v) is 8.46. The first-order chi connectivity index (χ1) is 31.7. The summed E-state index contributed by atoms with van der Waals surface area (Å²) >= 11 is 5.62. The molecule has 0 saturated carbocycles. The van der Waals surface area contributed by atoms with Crippen LogP contribution in [-0.2, 0) is 41.4 Å². The van der Waals surface area contributed by atoms with Crippen LogP contribution in [0, 0.1) is 34.0 Å². The Hall–Kier alpha value is -5.92. The van der Waals surface area contributed by atoms with Crippen molar-refractivity contribution in [3.8, 4) is 17.9 Å². The van der Waals surface area contributed by atoms with Gasteiger partial charge < -0.3 is 34.4 Å². The normalized spacial score (nSPS) is 17.6. The molecule has 18 heteroatoms. The third-order valence-corrected chi connectivity index (χ3v) is 12.0. The topological polar surface area (TPSA) is 186 Å². The number of thiocarbonyl (C=S) groups is 1. The van der Waals surface area contributed by atoms with Gasteiger partial charge in [0, 0.05) is 57.4 Å². The van der Waals surface area contributed by atoms with Gasteiger partial charge in [-0.2, -0.15) is 23.7 Å². The third-order valence-electron chi connectivity index (χ3n) is 11.7. The molecule has 2 aliphatic heterocycles. The molecule has 0 bridgehead atoms. The molecule has 0 spiro atoms. The summed E-state index contributed by atoms with van der Waals surface area (Å²) < 4.78 is 58.3. The quantitative estimate of drug-likeness (QED) is 0.0808. The number of hydrogen-bond donors (Lipinski definition) is 2. The van der Waals surface area contributed by atoms with Crippen LogP contribution in [0.25, 0.3) is 0 Å². The molecule has 2 fully saturated rings. The Bertz CT molecular complexity index is 2340. The van der Waals surface area contributed by atoms with Gasteiger partial charge in [-0.1, -0.05) is 32.9 Å². The predicted molar refractivity (Wildman–Crippen MR) is 247 cm³/mol. The number of likely N-dealkylation sites (tertiary alicyclic amines) is 1. The Morgan fingerprint density at radius 2 is 1.54 bits per heavy atom. The second kappa shape index (κ2) is 22.7. The van der Waals surface area contributed by atoms with Crippen molar-refractivity contribution in [2.24, 2.45) is 11.3 Å². The van der Waals surface area contributed by atoms with Crippen LogP contribution in [-0.4, -0.2) is 95.9 Å². The minimum Gasteiger partial charge on any atom is -0.494 e. The summed E-state index contributed by atoms with van der Waals surface area (Å²) in [5, 5.41) is 31.5. The highest BCUT2D eigenvalue weighted by atomic mass is 32.1. The number of halogens is 3. The van der Waals surface area contributed by atoms with Gasteiger partial charge in [-0.05, 0) is 117 Å². The Morgan fingerprint density at radius 3 is 2.18 bits per heavy atom. The Morgan fingerprint density at radius 1 is 0.896 bits per heavy atom. The second-order valence-electron chi connectivity index (χ2n) is 18.2. The number of alkyl halides is 3. The van der Waals surface area contributed by atoms with Crippen molar-refractivity contribution in [1.29, 1.82) is 10.5 Å². The number of hydrogen-bond acceptors (Lipinski definition) is 11. The number of carbonyl (C=O) groups is 4. The van der Waals surface area contributed by atoms with Crippen molar-refractivity contribution in [3.63, 3.8) is 0 Å². The number of aliphatic hydroxyl groups excluding tert-OH is 1. The first kappa shape index (κ1) is 52.1. The van der Waals surface area contributed by atoms with Gasteiger partial charge in [0.1, 0.15) is 23.9 Å². The molecule has 3 amide bonds. The zero-order valence-electron chi connectivity index (χ0n) is 38.4. The first-order valence-corrected chi connectivity index (χ1v) is 22.5. The molecule has 0 unspecified atom stereocenters. The number of nitriles is 2. The van der Waals surface area contributed by atoms with Crippen molar-refractivity contribution < 1.29 is 51.7 Å². The maximum absolute atomic E-state index is 13.9. The number of benzene rings is 3. The predicted octanol–water partition coefficient (Wildman–Crippen LogP) is 7.24. The summed E-state index contributed by atoms with van der Waals surface area (Å²) in [5.74, 6) is -1.68. The van der Waals surface area contributed by atoms with E-state index < -0.39 is 58.1 Å². The van der Waals surface area contributed by atoms with Gasteiger partial charge in [-0.25, -0.2) is 0 Å². The van der Waals surface area contributed by atoms with E-state index in [0.29, 0.717) is 49.8 Å². The summed E-state index contributed by atoms with van der Waals surface area (Å²) in [6, 6.07) is 19.5. The number of nitrogens with zero attached hydrogens (tertiary/aromatic N) is 5. The molecule has 5 rings (SSSR count). The van der Waals surface area contributed by atoms with E-state index in [0.717, 1.165) is 41.9 Å². The first-order valence-electron chi connectivity index (χ1n) is 22.1. The maximum atomic E-state index is 13.9. The third kappa shape index (κ3) is 13.4. The molecular weight excluding hydrogens is 890 g/mol. The average molecular weight is 947 g/mol. The van der Waals surface area contributed by atoms with Gasteiger partial charge in [0.05, 0.1) is 47.2 Å². The van der Waals surface area contributed by atoms with E-state index in [1.54, 1.807) is 73.3 Å². The lowest BCUT2D eigenvalue weighted by molar-refractivity contribution is -0.146. The van der Waals surface area contributed by atoms with E-state index in [1.165, 1.54) is 11.0 Å². The zero-order valence-corrected chi connectivity index (χ0v) is 39.2. The number of nitrogens with one attached hydrogen (secondary N) is 1. The van der Waals surface area contributed by atoms with Gasteiger partial charge in [0.15, 0.2) is 10.9 Å². The molecule has 358 valence electrons. The lowest BCUT2D eigenvalue weighted by Gasteiger charge is -2.34. The van der Waals surface area contributed by atoms with E-state index >= 15 is 0 Å². The molecule has 14 nitrogen and oxygen atoms in total. The highest BCUT2D eigenvalue weighted by Crippen LogP contribution is 2.40. The number of β-amino-alcohol motifs (C(OH)–C–C–N with tert-alkyl or cyclic N) is 1. The fraction of sp³-hybridized carbons (Fsp3) is 0.490. The smallest absolute Gasteiger partial charge is 0.417 e. The summed E-state index contributed by atoms with van der Waals surface area (Å²) in [4.78, 5) is 57.6. The Labute approximate surface area is 394 Å². The van der Waals surface area contributed by atoms with Gasteiger partial charge in [-0.15, -0.1) is 0 Å². The SMILES string of the molecule is CC(C)(C)[C@H](CC(=O)COCCCOCCCCCOc1ccc(N2C(=S)N(c3ccc(C#N)c(C(F)(F)F)c3)C(=O)C2(C)C)cc1)C(=O)N1C[C@H](O)C[C@H]1C(=O)NCc1ccc(C#N)cc1. The van der Waals surface area contributed by atoms with E-state index in [9.17, 15) is 42.7 Å². The molecule has 2 N–H and O–H groups in total. The fourth-order valence-electron chi connectivity index (χ4n) is 7.94. The molecule has 2 heterocycles. The summed E-state index contributed by atoms with van der Waals surface area (Å²) in [5.41, 5.74) is -1.79. The molecule has 3 aromatic carbocycles. The van der Waals surface area contributed by atoms with Crippen molar-refractivity contribution >= 4 is 52.2 Å². The van der Waals surface area contributed by atoms with Crippen LogP contribution < -0.4 is 19.9 Å². The molecule has 0 aromatic heterocycles. The van der Waals surface area contributed by atoms with E-state index in [4.69, 9.17) is 31.7 Å². The van der Waals surface area contributed by atoms with Crippen molar-refractivity contribution in [3.05, 3.63) is 89.0 Å². The number of unbranched alkanes of at least 4 members (excludes halogenated alkanes) is 2. The highest BCUT2D eigenvalue weighted by Gasteiger charge is 2.51. The van der Waals surface area contributed by atoms with Gasteiger partial charge in [0.25, 0.3) is 5.91 Å². The number of ketones is 1. The van der Waals surface area contributed by atoms with Crippen LogP contribution in [0.4, 0.5) is 24.5 Å². The van der Waals surface area contributed by atoms with Crippen molar-refractivity contribution in [2.75, 3.05) is 49.4 Å². The molecule has 2 saturated heterocycles. The van der Waals surface area contributed by atoms with Crippen molar-refractivity contribution in [1.82, 2.24) is 10.2 Å². The zero-order chi connectivity index (χ0) is 49.1. The average Bonchev–Trinajstić information content (AvgIpc) is 3.76. The van der Waals surface area contributed by atoms with Gasteiger partial charge in [0.2, 0.25) is 11.8 Å². The number of ether oxygens (including phenoxy) is 3. The van der Waals surface area contributed by atoms with Gasteiger partial charge >= 0.3 is 6.18 Å². The Kier molecular flexibility index (Phi) is 17.6. The largest absolute Gasteiger partial charge is 0.494 e. The van der Waals surface area contributed by atoms with Crippen LogP contribution in [0.2, 0.25) is 0 Å². The van der Waals surface area contributed by atoms with Crippen LogP contribution in [0.3, 0.4) is 0 Å². The molecule has 0 aliphatic carbocycles. The van der Waals surface area contributed by atoms with Crippen LogP contribution in [0.5, 0.6) is 5.75 Å². The molecule has 0 radical (unpaired) electrons. The van der Waals surface area contributed by atoms with Crippen LogP contribution in [0.15, 0.2) is 66.7 Å². The Balaban J connectivity index is 0.963. The maximum Gasteiger partial charge on any atom is 0.417 e. The number of anilines is 2. The van der Waals surface area contributed by atoms with E-state index in [-0.39, 0.29) is 55.0 Å². The molecule has 67 heavy (non-hydrogen) atoms. The minimum atomic E-state index is -4.80. The molecule has 3 aromatic rings. The van der Waals surface area contributed by atoms with E-state index in [2.05, 4.69) is 5.32 Å². The highest BCUT2D eigenvalue weighted by molar-refractivity contribution is 7.81. The van der Waals surface area contributed by atoms with Gasteiger partial charge in [-0.3, -0.25) is 24.1 Å². The monoisotopic (exact) mass is 946 g/mol. The summed E-state index contributed by atoms with van der Waals surface area (Å²) in [6.07, 6.45) is -2.69. The number of rotatable bonds is 21. The number of carbonyl (C=O) groups excluding carboxylic acids is 4. The number of Topliss-reactive ketones (excluding diaryl/α,β-unsaturated/α-hetero) is 1. The van der Waals surface area contributed by atoms with E-state index in [1.807, 2.05) is 26.8 Å². The molecule has 3 atom stereocenters. The van der Waals surface area contributed by atoms with Crippen LogP contribution >= 0.6 is 12.2 Å². The van der Waals surface area contributed by atoms with Crippen LogP contribution in [0.1, 0.15) is 95.4 Å². The lowest BCUT2D eigenvalue weighted by Crippen LogP contribution is -2.50. The summed E-state index contributed by atoms with van der Waals surface area (Å²) in [6.45, 7) is 10.6. The molecule has 2 aliphatic rings. The second-order valence-corrected chi connectivity index (χ2v) is 18.5. The minimum absolute atomic E-state index is 0.000215. The lowest BCUT2D eigenvalue weighted by atomic mass is 9.77.